The van der Waals surface area contributed by atoms with Crippen LogP contribution >= 0.6 is 0 Å². The van der Waals surface area contributed by atoms with Gasteiger partial charge in [-0.3, -0.25) is 0 Å². The van der Waals surface area contributed by atoms with Gasteiger partial charge in [-0.1, -0.05) is 31.2 Å². The van der Waals surface area contributed by atoms with Crippen LogP contribution in [-0.2, 0) is 17.6 Å². The lowest BCUT2D eigenvalue weighted by Crippen LogP contribution is -2.28. The molecule has 2 nitrogen and oxygen atoms in total. The van der Waals surface area contributed by atoms with Crippen molar-refractivity contribution in [3.63, 3.8) is 0 Å². The van der Waals surface area contributed by atoms with Crippen LogP contribution in [0.1, 0.15) is 24.5 Å². The summed E-state index contributed by atoms with van der Waals surface area (Å²) in [6.45, 7) is 3.87. The van der Waals surface area contributed by atoms with Crippen molar-refractivity contribution in [1.82, 2.24) is 0 Å². The van der Waals surface area contributed by atoms with E-state index in [0.717, 1.165) is 25.9 Å². The number of aliphatic hydroxyl groups is 1. The third-order valence-corrected chi connectivity index (χ3v) is 3.53. The van der Waals surface area contributed by atoms with Gasteiger partial charge in [0.15, 0.2) is 0 Å². The summed E-state index contributed by atoms with van der Waals surface area (Å²) in [5.74, 6) is 0. The summed E-state index contributed by atoms with van der Waals surface area (Å²) in [6.07, 6.45) is 2.97. The van der Waals surface area contributed by atoms with Crippen LogP contribution in [0.2, 0.25) is 0 Å². The van der Waals surface area contributed by atoms with Gasteiger partial charge in [0.1, 0.15) is 0 Å². The topological polar surface area (TPSA) is 29.5 Å². The number of aryl methyl sites for hydroxylation is 1. The van der Waals surface area contributed by atoms with Crippen LogP contribution < -0.4 is 0 Å². The number of ether oxygens (including phenoxy) is 1. The van der Waals surface area contributed by atoms with Crippen molar-refractivity contribution in [2.75, 3.05) is 19.8 Å². The Bertz CT molecular complexity index is 323. The van der Waals surface area contributed by atoms with Crippen LogP contribution in [0.15, 0.2) is 24.3 Å². The fourth-order valence-corrected chi connectivity index (χ4v) is 2.30. The largest absolute Gasteiger partial charge is 0.396 e. The Morgan fingerprint density at radius 3 is 2.44 bits per heavy atom. The minimum absolute atomic E-state index is 0.0340. The fourth-order valence-electron chi connectivity index (χ4n) is 2.30. The maximum atomic E-state index is 9.50. The molecule has 0 amide bonds. The third kappa shape index (κ3) is 2.45. The smallest absolute Gasteiger partial charge is 0.0548 e. The van der Waals surface area contributed by atoms with Crippen molar-refractivity contribution in [2.24, 2.45) is 5.41 Å². The highest BCUT2D eigenvalue weighted by Crippen LogP contribution is 2.32. The first-order valence-corrected chi connectivity index (χ1v) is 6.04. The lowest BCUT2D eigenvalue weighted by atomic mass is 9.81. The molecule has 1 heterocycles. The Morgan fingerprint density at radius 2 is 1.94 bits per heavy atom. The molecule has 88 valence electrons. The van der Waals surface area contributed by atoms with Crippen molar-refractivity contribution < 1.29 is 9.84 Å². The van der Waals surface area contributed by atoms with Crippen molar-refractivity contribution >= 4 is 0 Å². The van der Waals surface area contributed by atoms with E-state index in [2.05, 4.69) is 31.2 Å². The average molecular weight is 220 g/mol. The molecule has 1 aromatic carbocycles. The summed E-state index contributed by atoms with van der Waals surface area (Å²) in [6, 6.07) is 8.70. The number of hydrogen-bond acceptors (Lipinski definition) is 2. The molecule has 1 N–H and O–H groups in total. The summed E-state index contributed by atoms with van der Waals surface area (Å²) < 4.78 is 5.41. The molecule has 2 heteroatoms. The minimum atomic E-state index is -0.0340. The lowest BCUT2D eigenvalue weighted by Gasteiger charge is -2.24. The van der Waals surface area contributed by atoms with E-state index >= 15 is 0 Å². The highest BCUT2D eigenvalue weighted by atomic mass is 16.5. The molecule has 1 aromatic rings. The SMILES string of the molecule is CCc1ccc(CC2(CO)CCOC2)cc1. The van der Waals surface area contributed by atoms with Crippen molar-refractivity contribution in [1.29, 1.82) is 0 Å². The fraction of sp³-hybridized carbons (Fsp3) is 0.571. The maximum Gasteiger partial charge on any atom is 0.0548 e. The number of rotatable bonds is 4. The molecule has 1 saturated heterocycles. The molecular weight excluding hydrogens is 200 g/mol. The van der Waals surface area contributed by atoms with E-state index in [4.69, 9.17) is 4.74 Å². The zero-order valence-electron chi connectivity index (χ0n) is 9.91. The van der Waals surface area contributed by atoms with Gasteiger partial charge in [-0.2, -0.15) is 0 Å². The highest BCUT2D eigenvalue weighted by molar-refractivity contribution is 5.23. The van der Waals surface area contributed by atoms with Gasteiger partial charge in [-0.05, 0) is 30.4 Å². The van der Waals surface area contributed by atoms with Crippen LogP contribution in [0.4, 0.5) is 0 Å². The van der Waals surface area contributed by atoms with E-state index in [-0.39, 0.29) is 12.0 Å². The second-order valence-corrected chi connectivity index (χ2v) is 4.81. The minimum Gasteiger partial charge on any atom is -0.396 e. The molecular formula is C14H20O2. The summed E-state index contributed by atoms with van der Waals surface area (Å²) in [7, 11) is 0. The van der Waals surface area contributed by atoms with Gasteiger partial charge < -0.3 is 9.84 Å². The Kier molecular flexibility index (Phi) is 3.62. The Morgan fingerprint density at radius 1 is 1.25 bits per heavy atom. The van der Waals surface area contributed by atoms with E-state index in [1.807, 2.05) is 0 Å². The number of aliphatic hydroxyl groups excluding tert-OH is 1. The molecule has 16 heavy (non-hydrogen) atoms. The monoisotopic (exact) mass is 220 g/mol. The van der Waals surface area contributed by atoms with Crippen molar-refractivity contribution in [3.8, 4) is 0 Å². The normalized spacial score (nSPS) is 24.9. The predicted octanol–water partition coefficient (Wildman–Crippen LogP) is 2.19. The van der Waals surface area contributed by atoms with E-state index < -0.39 is 0 Å². The summed E-state index contributed by atoms with van der Waals surface area (Å²) in [5, 5.41) is 9.50. The second-order valence-electron chi connectivity index (χ2n) is 4.81. The third-order valence-electron chi connectivity index (χ3n) is 3.53. The second kappa shape index (κ2) is 4.98. The molecule has 0 aromatic heterocycles. The van der Waals surface area contributed by atoms with Crippen LogP contribution in [0, 0.1) is 5.41 Å². The average Bonchev–Trinajstić information content (AvgIpc) is 2.79. The first-order valence-electron chi connectivity index (χ1n) is 6.04. The van der Waals surface area contributed by atoms with Gasteiger partial charge in [0.05, 0.1) is 13.2 Å². The molecule has 1 aliphatic heterocycles. The molecule has 1 unspecified atom stereocenters. The first kappa shape index (κ1) is 11.6. The van der Waals surface area contributed by atoms with E-state index in [0.29, 0.717) is 6.61 Å². The standard InChI is InChI=1S/C14H20O2/c1-2-12-3-5-13(6-4-12)9-14(10-15)7-8-16-11-14/h3-6,15H,2,7-11H2,1H3. The van der Waals surface area contributed by atoms with E-state index in [1.54, 1.807) is 0 Å². The van der Waals surface area contributed by atoms with Gasteiger partial charge in [-0.25, -0.2) is 0 Å². The Hall–Kier alpha value is -0.860. The molecule has 0 spiro atoms. The van der Waals surface area contributed by atoms with Crippen molar-refractivity contribution in [3.05, 3.63) is 35.4 Å². The lowest BCUT2D eigenvalue weighted by molar-refractivity contribution is 0.0935. The summed E-state index contributed by atoms with van der Waals surface area (Å²) in [4.78, 5) is 0. The molecule has 0 aliphatic carbocycles. The highest BCUT2D eigenvalue weighted by Gasteiger charge is 2.34. The van der Waals surface area contributed by atoms with Crippen molar-refractivity contribution in [2.45, 2.75) is 26.2 Å². The maximum absolute atomic E-state index is 9.50. The van der Waals surface area contributed by atoms with Crippen LogP contribution in [0.5, 0.6) is 0 Å². The summed E-state index contributed by atoms with van der Waals surface area (Å²) in [5.41, 5.74) is 2.63. The van der Waals surface area contributed by atoms with Gasteiger partial charge in [0.25, 0.3) is 0 Å². The molecule has 0 saturated carbocycles. The molecule has 1 fully saturated rings. The predicted molar refractivity (Wildman–Crippen MR) is 64.5 cm³/mol. The van der Waals surface area contributed by atoms with Gasteiger partial charge in [0.2, 0.25) is 0 Å². The molecule has 1 atom stereocenters. The van der Waals surface area contributed by atoms with E-state index in [1.165, 1.54) is 11.1 Å². The zero-order valence-corrected chi connectivity index (χ0v) is 9.91. The van der Waals surface area contributed by atoms with Crippen LogP contribution in [0.3, 0.4) is 0 Å². The van der Waals surface area contributed by atoms with Crippen LogP contribution in [-0.4, -0.2) is 24.9 Å². The first-order chi connectivity index (χ1) is 7.78. The number of hydrogen-bond donors (Lipinski definition) is 1. The van der Waals surface area contributed by atoms with E-state index in [9.17, 15) is 5.11 Å². The quantitative estimate of drug-likeness (QED) is 0.843. The van der Waals surface area contributed by atoms with Gasteiger partial charge >= 0.3 is 0 Å². The Balaban J connectivity index is 2.07. The number of benzene rings is 1. The zero-order chi connectivity index (χ0) is 11.4. The van der Waals surface area contributed by atoms with Crippen LogP contribution in [0.25, 0.3) is 0 Å². The Labute approximate surface area is 97.3 Å². The van der Waals surface area contributed by atoms with Gasteiger partial charge in [0, 0.05) is 12.0 Å². The molecule has 2 rings (SSSR count). The molecule has 0 radical (unpaired) electrons. The van der Waals surface area contributed by atoms with Gasteiger partial charge in [-0.15, -0.1) is 0 Å². The molecule has 1 aliphatic rings. The summed E-state index contributed by atoms with van der Waals surface area (Å²) >= 11 is 0. The molecule has 0 bridgehead atoms.